The number of rotatable bonds is 24. The number of carboxylic acid groups (broad SMARTS) is 1. The molecule has 2 aromatic carbocycles. The number of nitrogens with two attached hydrogens (primary N) is 2. The number of unbranched alkanes of at least 4 members (excludes halogenated alkanes) is 2. The predicted molar refractivity (Wildman–Crippen MR) is 259 cm³/mol. The number of amides is 5. The molecule has 5 aromatic rings. The van der Waals surface area contributed by atoms with Crippen molar-refractivity contribution in [3.63, 3.8) is 0 Å². The fourth-order valence-corrected chi connectivity index (χ4v) is 7.68. The molecular formula is C46H58N16O10. The molecular weight excluding hydrogens is 937 g/mol. The molecule has 6 rings (SSSR count). The van der Waals surface area contributed by atoms with Gasteiger partial charge in [-0.05, 0) is 105 Å². The molecule has 26 nitrogen and oxygen atoms in total. The van der Waals surface area contributed by atoms with Crippen LogP contribution in [0.4, 0.5) is 17.5 Å². The summed E-state index contributed by atoms with van der Waals surface area (Å²) in [7, 11) is 0. The van der Waals surface area contributed by atoms with E-state index in [4.69, 9.17) is 11.5 Å². The van der Waals surface area contributed by atoms with Gasteiger partial charge in [0.05, 0.1) is 23.0 Å². The summed E-state index contributed by atoms with van der Waals surface area (Å²) in [6.07, 6.45) is 5.64. The minimum atomic E-state index is -1.37. The van der Waals surface area contributed by atoms with E-state index >= 15 is 0 Å². The molecule has 1 aliphatic heterocycles. The topological polar surface area (TPSA) is 405 Å². The molecule has 5 amide bonds. The van der Waals surface area contributed by atoms with Gasteiger partial charge in [-0.25, -0.2) is 19.7 Å². The van der Waals surface area contributed by atoms with E-state index in [1.807, 2.05) is 0 Å². The maximum atomic E-state index is 13.5. The molecule has 2 unspecified atom stereocenters. The quantitative estimate of drug-likeness (QED) is 0.0292. The number of fused-ring (bicyclic) bond motifs is 1. The number of phenolic OH excluding ortho intramolecular Hbond substituents is 1. The van der Waals surface area contributed by atoms with Gasteiger partial charge in [-0.15, -0.1) is 10.2 Å². The molecule has 0 bridgehead atoms. The lowest BCUT2D eigenvalue weighted by Gasteiger charge is -2.24. The summed E-state index contributed by atoms with van der Waals surface area (Å²) in [5, 5.41) is 67.5. The van der Waals surface area contributed by atoms with Crippen molar-refractivity contribution in [2.75, 3.05) is 29.9 Å². The number of tetrazole rings is 1. The highest BCUT2D eigenvalue weighted by Crippen LogP contribution is 2.25. The van der Waals surface area contributed by atoms with Gasteiger partial charge in [0.25, 0.3) is 11.8 Å². The smallest absolute Gasteiger partial charge is 0.326 e. The van der Waals surface area contributed by atoms with Gasteiger partial charge in [0.15, 0.2) is 17.0 Å². The number of aromatic amines is 1. The van der Waals surface area contributed by atoms with Crippen molar-refractivity contribution >= 4 is 64.1 Å². The molecule has 0 saturated heterocycles. The second kappa shape index (κ2) is 24.6. The number of carbonyl (C=O) groups excluding carboxylic acids is 5. The first kappa shape index (κ1) is 53.1. The lowest BCUT2D eigenvalue weighted by molar-refractivity contribution is -0.139. The zero-order chi connectivity index (χ0) is 52.1. The molecule has 26 heteroatoms. The highest BCUT2D eigenvalue weighted by atomic mass is 16.4. The van der Waals surface area contributed by atoms with Crippen molar-refractivity contribution in [2.24, 2.45) is 5.92 Å². The van der Waals surface area contributed by atoms with Gasteiger partial charge >= 0.3 is 5.97 Å². The highest BCUT2D eigenvalue weighted by Gasteiger charge is 2.29. The number of aliphatic hydroxyl groups excluding tert-OH is 2. The molecule has 0 fully saturated rings. The maximum Gasteiger partial charge on any atom is 0.326 e. The largest absolute Gasteiger partial charge is 0.507 e. The van der Waals surface area contributed by atoms with E-state index in [1.54, 1.807) is 19.9 Å². The van der Waals surface area contributed by atoms with E-state index in [0.29, 0.717) is 55.4 Å². The minimum Gasteiger partial charge on any atom is -0.507 e. The molecule has 14 N–H and O–H groups in total. The van der Waals surface area contributed by atoms with Crippen LogP contribution in [0, 0.1) is 5.92 Å². The van der Waals surface area contributed by atoms with Crippen LogP contribution in [0.3, 0.4) is 0 Å². The number of aromatic hydroxyl groups is 1. The molecule has 0 aliphatic carbocycles. The number of aromatic nitrogens is 8. The normalized spacial score (nSPS) is 15.7. The lowest BCUT2D eigenvalue weighted by Crippen LogP contribution is -2.53. The van der Waals surface area contributed by atoms with Crippen molar-refractivity contribution < 1.29 is 49.2 Å². The summed E-state index contributed by atoms with van der Waals surface area (Å²) in [5.74, 6) is -4.85. The number of phenols is 1. The van der Waals surface area contributed by atoms with Crippen LogP contribution in [0.5, 0.6) is 5.75 Å². The van der Waals surface area contributed by atoms with E-state index in [1.165, 1.54) is 60.5 Å². The van der Waals surface area contributed by atoms with Gasteiger partial charge in [0.2, 0.25) is 29.5 Å². The van der Waals surface area contributed by atoms with E-state index in [9.17, 15) is 49.2 Å². The fraction of sp³-hybridized carbons (Fsp3) is 0.413. The third kappa shape index (κ3) is 14.2. The van der Waals surface area contributed by atoms with Gasteiger partial charge in [-0.1, -0.05) is 26.3 Å². The Morgan fingerprint density at radius 1 is 0.833 bits per heavy atom. The molecule has 1 aliphatic rings. The van der Waals surface area contributed by atoms with Gasteiger partial charge in [0, 0.05) is 30.8 Å². The Morgan fingerprint density at radius 2 is 1.58 bits per heavy atom. The van der Waals surface area contributed by atoms with Crippen molar-refractivity contribution in [3.05, 3.63) is 77.1 Å². The maximum absolute atomic E-state index is 13.5. The number of nitrogens with zero attached hydrogens (tertiary/aromatic N) is 8. The molecule has 5 atom stereocenters. The van der Waals surface area contributed by atoms with Crippen LogP contribution in [0.15, 0.2) is 54.7 Å². The first-order chi connectivity index (χ1) is 34.4. The number of carboxylic acids is 1. The number of benzene rings is 2. The number of aliphatic carboxylic acids is 1. The average molecular weight is 995 g/mol. The lowest BCUT2D eigenvalue weighted by atomic mass is 10.0. The Balaban J connectivity index is 0.963. The van der Waals surface area contributed by atoms with E-state index in [2.05, 4.69) is 67.1 Å². The van der Waals surface area contributed by atoms with Crippen LogP contribution in [0.1, 0.15) is 91.3 Å². The monoisotopic (exact) mass is 994 g/mol. The molecule has 72 heavy (non-hydrogen) atoms. The standard InChI is InChI=1S/C46H58N16O10/c1-23(2)36(55-33(64)9-5-4-6-19-62-34(65)16-17-35(62)66)44(70)51-24(3)41(67)53-26-13-15-28(30(21-26)39-58-60-61-59-39)42(68)49-18-7-8-31(45(71)72)54-43(69)29-14-11-25(20-32(29)63)10-12-27-22-50-40-37(52-27)38(47)56-46(48)57-40/h11,13-17,20-24,31,34-36,63,65-66H,4-10,12,18-19H2,1-3H3,(H,49,68)(H,51,70)(H,53,67)(H,54,69)(H,55,64)(H,71,72)(H,58,59,60,61)(H4,47,48,50,56,57)/t24-,31-,34?,35?,36-/m0/s1. The number of hydrogen-bond donors (Lipinski definition) is 12. The zero-order valence-corrected chi connectivity index (χ0v) is 39.7. The highest BCUT2D eigenvalue weighted by molar-refractivity contribution is 6.03. The van der Waals surface area contributed by atoms with Gasteiger partial charge in [-0.2, -0.15) is 15.2 Å². The molecule has 4 heterocycles. The third-order valence-corrected chi connectivity index (χ3v) is 11.6. The van der Waals surface area contributed by atoms with Gasteiger partial charge < -0.3 is 58.5 Å². The Hall–Kier alpha value is -8.23. The van der Waals surface area contributed by atoms with Crippen LogP contribution in [-0.4, -0.2) is 145 Å². The SMILES string of the molecule is CC(C)[C@H](NC(=O)CCCCCN1C(O)C=CC1O)C(=O)N[C@@H](C)C(=O)Nc1ccc(C(=O)NCCC[C@H](NC(=O)c2ccc(CCc3cnc4nc(N)nc(N)c4n3)cc2O)C(=O)O)c(-c2nn[nH]n2)c1. The van der Waals surface area contributed by atoms with Crippen LogP contribution >= 0.6 is 0 Å². The van der Waals surface area contributed by atoms with Gasteiger partial charge in [0.1, 0.15) is 36.3 Å². The van der Waals surface area contributed by atoms with Gasteiger partial charge in [-0.3, -0.25) is 24.0 Å². The van der Waals surface area contributed by atoms with Crippen LogP contribution in [0.2, 0.25) is 0 Å². The van der Waals surface area contributed by atoms with E-state index < -0.39 is 60.2 Å². The average Bonchev–Trinajstić information content (AvgIpc) is 3.99. The Kier molecular flexibility index (Phi) is 18.1. The first-order valence-corrected chi connectivity index (χ1v) is 23.2. The molecule has 382 valence electrons. The van der Waals surface area contributed by atoms with E-state index in [-0.39, 0.29) is 89.0 Å². The number of aryl methyl sites for hydroxylation is 2. The number of nitrogens with one attached hydrogen (secondary N) is 6. The van der Waals surface area contributed by atoms with Crippen LogP contribution < -0.4 is 38.1 Å². The number of hydrogen-bond acceptors (Lipinski definition) is 19. The second-order valence-corrected chi connectivity index (χ2v) is 17.4. The summed E-state index contributed by atoms with van der Waals surface area (Å²) in [4.78, 5) is 96.3. The van der Waals surface area contributed by atoms with Crippen molar-refractivity contribution in [3.8, 4) is 17.1 Å². The molecule has 3 aromatic heterocycles. The number of H-pyrrole nitrogens is 1. The number of aliphatic hydroxyl groups is 2. The summed E-state index contributed by atoms with van der Waals surface area (Å²) in [6.45, 7) is 5.42. The summed E-state index contributed by atoms with van der Waals surface area (Å²) >= 11 is 0. The molecule has 0 spiro atoms. The first-order valence-electron chi connectivity index (χ1n) is 23.2. The Morgan fingerprint density at radius 3 is 2.28 bits per heavy atom. The number of anilines is 3. The summed E-state index contributed by atoms with van der Waals surface area (Å²) < 4.78 is 0. The zero-order valence-electron chi connectivity index (χ0n) is 39.7. The summed E-state index contributed by atoms with van der Waals surface area (Å²) in [6, 6.07) is 5.34. The van der Waals surface area contributed by atoms with Crippen molar-refractivity contribution in [1.29, 1.82) is 0 Å². The number of nitrogen functional groups attached to an aromatic ring is 2. The molecule has 0 radical (unpaired) electrons. The van der Waals surface area contributed by atoms with Crippen molar-refractivity contribution in [1.82, 2.24) is 66.7 Å². The van der Waals surface area contributed by atoms with Crippen LogP contribution in [0.25, 0.3) is 22.6 Å². The number of carbonyl (C=O) groups is 6. The summed E-state index contributed by atoms with van der Waals surface area (Å²) in [5.41, 5.74) is 13.7. The fourth-order valence-electron chi connectivity index (χ4n) is 7.68. The Labute approximate surface area is 411 Å². The van der Waals surface area contributed by atoms with Crippen LogP contribution in [-0.2, 0) is 32.0 Å². The third-order valence-electron chi connectivity index (χ3n) is 11.6. The van der Waals surface area contributed by atoms with E-state index in [0.717, 1.165) is 0 Å². The van der Waals surface area contributed by atoms with Crippen molar-refractivity contribution in [2.45, 2.75) is 103 Å². The molecule has 0 saturated carbocycles. The predicted octanol–water partition coefficient (Wildman–Crippen LogP) is 0.301. The Bertz CT molecular complexity index is 2780. The second-order valence-electron chi connectivity index (χ2n) is 17.4. The minimum absolute atomic E-state index is 0.0125.